The van der Waals surface area contributed by atoms with Crippen molar-refractivity contribution < 1.29 is 30.0 Å². The van der Waals surface area contributed by atoms with E-state index in [1.165, 1.54) is 19.2 Å². The van der Waals surface area contributed by atoms with Crippen molar-refractivity contribution in [2.45, 2.75) is 44.8 Å². The minimum Gasteiger partial charge on any atom is -0.508 e. The van der Waals surface area contributed by atoms with Crippen LogP contribution >= 0.6 is 0 Å². The Balaban J connectivity index is 1.78. The van der Waals surface area contributed by atoms with E-state index in [1.807, 2.05) is 0 Å². The van der Waals surface area contributed by atoms with Crippen molar-refractivity contribution in [3.63, 3.8) is 0 Å². The molecular formula is C21H26O6. The van der Waals surface area contributed by atoms with Crippen LogP contribution < -0.4 is 4.74 Å². The van der Waals surface area contributed by atoms with Crippen LogP contribution in [0, 0.1) is 0 Å². The fourth-order valence-corrected chi connectivity index (χ4v) is 2.88. The van der Waals surface area contributed by atoms with E-state index in [2.05, 4.69) is 0 Å². The van der Waals surface area contributed by atoms with Gasteiger partial charge in [0.1, 0.15) is 11.5 Å². The number of aryl methyl sites for hydroxylation is 2. The number of hydrogen-bond donors (Lipinski definition) is 4. The summed E-state index contributed by atoms with van der Waals surface area (Å²) in [4.78, 5) is 12.1. The largest absolute Gasteiger partial charge is 0.508 e. The molecule has 0 bridgehead atoms. The lowest BCUT2D eigenvalue weighted by Gasteiger charge is -2.11. The van der Waals surface area contributed by atoms with Gasteiger partial charge in [-0.2, -0.15) is 0 Å². The highest BCUT2D eigenvalue weighted by atomic mass is 16.5. The molecule has 6 nitrogen and oxygen atoms in total. The van der Waals surface area contributed by atoms with E-state index in [0.29, 0.717) is 37.0 Å². The van der Waals surface area contributed by atoms with E-state index in [0.717, 1.165) is 11.1 Å². The first-order valence-corrected chi connectivity index (χ1v) is 8.90. The lowest BCUT2D eigenvalue weighted by molar-refractivity contribution is -0.120. The summed E-state index contributed by atoms with van der Waals surface area (Å²) in [5.41, 5.74) is 2.22. The van der Waals surface area contributed by atoms with Gasteiger partial charge in [-0.25, -0.2) is 0 Å². The molecule has 0 saturated carbocycles. The lowest BCUT2D eigenvalue weighted by atomic mass is 9.99. The first-order chi connectivity index (χ1) is 12.9. The average molecular weight is 374 g/mol. The summed E-state index contributed by atoms with van der Waals surface area (Å²) in [6.07, 6.45) is 1.14. The first-order valence-electron chi connectivity index (χ1n) is 8.90. The normalized spacial score (nSPS) is 12.0. The Hall–Kier alpha value is -2.57. The molecule has 0 saturated heterocycles. The van der Waals surface area contributed by atoms with Gasteiger partial charge in [0.15, 0.2) is 11.5 Å². The molecule has 0 radical (unpaired) electrons. The Morgan fingerprint density at radius 1 is 1.04 bits per heavy atom. The Labute approximate surface area is 158 Å². The molecule has 2 aromatic rings. The molecule has 0 aromatic heterocycles. The van der Waals surface area contributed by atoms with Crippen LogP contribution in [0.3, 0.4) is 0 Å². The zero-order valence-corrected chi connectivity index (χ0v) is 15.4. The third-order valence-electron chi connectivity index (χ3n) is 4.48. The highest BCUT2D eigenvalue weighted by molar-refractivity contribution is 5.79. The van der Waals surface area contributed by atoms with E-state index in [1.54, 1.807) is 24.3 Å². The van der Waals surface area contributed by atoms with Gasteiger partial charge >= 0.3 is 0 Å². The fourth-order valence-electron chi connectivity index (χ4n) is 2.88. The summed E-state index contributed by atoms with van der Waals surface area (Å²) < 4.78 is 5.05. The Morgan fingerprint density at radius 3 is 2.37 bits per heavy atom. The molecule has 1 atom stereocenters. The summed E-state index contributed by atoms with van der Waals surface area (Å²) in [5.74, 6) is 0.442. The van der Waals surface area contributed by atoms with Crippen LogP contribution in [0.25, 0.3) is 0 Å². The van der Waals surface area contributed by atoms with Gasteiger partial charge in [-0.15, -0.1) is 0 Å². The number of ketones is 1. The number of hydrogen-bond acceptors (Lipinski definition) is 6. The number of ether oxygens (including phenoxy) is 1. The maximum atomic E-state index is 12.1. The minimum atomic E-state index is -0.738. The molecule has 6 heteroatoms. The average Bonchev–Trinajstić information content (AvgIpc) is 2.66. The SMILES string of the molecule is COc1cc(CCC(=O)CC(O)CCc2ccc(O)c(CO)c2)ccc1O. The van der Waals surface area contributed by atoms with E-state index in [4.69, 9.17) is 9.84 Å². The maximum absolute atomic E-state index is 12.1. The number of phenols is 2. The van der Waals surface area contributed by atoms with Gasteiger partial charge in [-0.1, -0.05) is 12.1 Å². The van der Waals surface area contributed by atoms with Gasteiger partial charge in [-0.3, -0.25) is 4.79 Å². The number of aliphatic hydroxyl groups is 2. The lowest BCUT2D eigenvalue weighted by Crippen LogP contribution is -2.15. The molecule has 4 N–H and O–H groups in total. The summed E-state index contributed by atoms with van der Waals surface area (Å²) >= 11 is 0. The van der Waals surface area contributed by atoms with Crippen molar-refractivity contribution >= 4 is 5.78 Å². The van der Waals surface area contributed by atoms with Crippen LogP contribution in [0.5, 0.6) is 17.2 Å². The number of methoxy groups -OCH3 is 1. The zero-order valence-electron chi connectivity index (χ0n) is 15.4. The van der Waals surface area contributed by atoms with Crippen LogP contribution in [0.1, 0.15) is 36.0 Å². The summed E-state index contributed by atoms with van der Waals surface area (Å²) in [5, 5.41) is 38.4. The second kappa shape index (κ2) is 9.94. The van der Waals surface area contributed by atoms with Gasteiger partial charge in [0.2, 0.25) is 0 Å². The summed E-state index contributed by atoms with van der Waals surface area (Å²) in [6.45, 7) is -0.247. The second-order valence-corrected chi connectivity index (χ2v) is 6.56. The van der Waals surface area contributed by atoms with Crippen molar-refractivity contribution in [2.24, 2.45) is 0 Å². The van der Waals surface area contributed by atoms with Crippen molar-refractivity contribution in [3.8, 4) is 17.2 Å². The number of aliphatic hydroxyl groups excluding tert-OH is 2. The van der Waals surface area contributed by atoms with E-state index < -0.39 is 6.10 Å². The molecule has 1 unspecified atom stereocenters. The van der Waals surface area contributed by atoms with Gasteiger partial charge in [0.25, 0.3) is 0 Å². The maximum Gasteiger partial charge on any atom is 0.160 e. The molecule has 0 heterocycles. The quantitative estimate of drug-likeness (QED) is 0.509. The Bertz CT molecular complexity index is 771. The van der Waals surface area contributed by atoms with Gasteiger partial charge in [-0.05, 0) is 54.7 Å². The van der Waals surface area contributed by atoms with Gasteiger partial charge in [0, 0.05) is 18.4 Å². The van der Waals surface area contributed by atoms with Gasteiger partial charge in [0.05, 0.1) is 19.8 Å². The molecule has 0 fully saturated rings. The highest BCUT2D eigenvalue weighted by Crippen LogP contribution is 2.27. The molecule has 0 aliphatic carbocycles. The third kappa shape index (κ3) is 6.27. The third-order valence-corrected chi connectivity index (χ3v) is 4.48. The van der Waals surface area contributed by atoms with Crippen molar-refractivity contribution in [2.75, 3.05) is 7.11 Å². The molecule has 146 valence electrons. The predicted molar refractivity (Wildman–Crippen MR) is 101 cm³/mol. The number of rotatable bonds is 10. The molecule has 2 aromatic carbocycles. The highest BCUT2D eigenvalue weighted by Gasteiger charge is 2.12. The summed E-state index contributed by atoms with van der Waals surface area (Å²) in [6, 6.07) is 9.92. The molecule has 0 spiro atoms. The predicted octanol–water partition coefficient (Wildman–Crippen LogP) is 2.48. The molecule has 0 aliphatic rings. The van der Waals surface area contributed by atoms with Gasteiger partial charge < -0.3 is 25.2 Å². The van der Waals surface area contributed by atoms with E-state index >= 15 is 0 Å². The second-order valence-electron chi connectivity index (χ2n) is 6.56. The van der Waals surface area contributed by atoms with Crippen molar-refractivity contribution in [1.82, 2.24) is 0 Å². The Morgan fingerprint density at radius 2 is 1.70 bits per heavy atom. The van der Waals surface area contributed by atoms with E-state index in [-0.39, 0.29) is 30.3 Å². The smallest absolute Gasteiger partial charge is 0.160 e. The van der Waals surface area contributed by atoms with Crippen LogP contribution in [-0.4, -0.2) is 39.4 Å². The van der Waals surface area contributed by atoms with Crippen LogP contribution in [0.4, 0.5) is 0 Å². The number of benzene rings is 2. The van der Waals surface area contributed by atoms with Crippen molar-refractivity contribution in [3.05, 3.63) is 53.1 Å². The van der Waals surface area contributed by atoms with Crippen molar-refractivity contribution in [1.29, 1.82) is 0 Å². The first kappa shape index (κ1) is 20.7. The van der Waals surface area contributed by atoms with Crippen LogP contribution in [-0.2, 0) is 24.2 Å². The van der Waals surface area contributed by atoms with Crippen LogP contribution in [0.2, 0.25) is 0 Å². The molecule has 0 aliphatic heterocycles. The summed E-state index contributed by atoms with van der Waals surface area (Å²) in [7, 11) is 1.47. The molecule has 0 amide bonds. The van der Waals surface area contributed by atoms with E-state index in [9.17, 15) is 20.1 Å². The standard InChI is InChI=1S/C21H26O6/c1-27-21-11-15(5-9-20(21)26)3-7-18(24)12-17(23)6-2-14-4-8-19(25)16(10-14)13-22/h4-5,8-11,17,22-23,25-26H,2-3,6-7,12-13H2,1H3. The number of aromatic hydroxyl groups is 2. The number of carbonyl (C=O) groups is 1. The zero-order chi connectivity index (χ0) is 19.8. The monoisotopic (exact) mass is 374 g/mol. The topological polar surface area (TPSA) is 107 Å². The number of carbonyl (C=O) groups excluding carboxylic acids is 1. The molecular weight excluding hydrogens is 348 g/mol. The van der Waals surface area contributed by atoms with Crippen LogP contribution in [0.15, 0.2) is 36.4 Å². The molecule has 2 rings (SSSR count). The fraction of sp³-hybridized carbons (Fsp3) is 0.381. The Kier molecular flexibility index (Phi) is 7.64. The molecule has 27 heavy (non-hydrogen) atoms. The number of Topliss-reactive ketones (excluding diaryl/α,β-unsaturated/α-hetero) is 1. The number of phenolic OH excluding ortho intramolecular Hbond substituents is 1. The minimum absolute atomic E-state index is 0.0312.